The standard InChI is InChI=1S/C21H21NO/c1-15(16-7-3-2-4-8-16)22-14-20(22)21(23)19-12-11-17-9-5-6-10-18(17)13-19/h2-13,15,20-21,23H,14H2,1H3/t15-,20+,21+,22?/m0/s1. The third-order valence-corrected chi connectivity index (χ3v) is 4.95. The average molecular weight is 303 g/mol. The van der Waals surface area contributed by atoms with Gasteiger partial charge in [0.15, 0.2) is 0 Å². The molecule has 0 amide bonds. The van der Waals surface area contributed by atoms with Crippen LogP contribution in [0.2, 0.25) is 0 Å². The van der Waals surface area contributed by atoms with E-state index in [4.69, 9.17) is 0 Å². The van der Waals surface area contributed by atoms with E-state index in [1.54, 1.807) is 0 Å². The normalized spacial score (nSPS) is 22.7. The van der Waals surface area contributed by atoms with Gasteiger partial charge in [0.2, 0.25) is 0 Å². The van der Waals surface area contributed by atoms with Crippen molar-refractivity contribution in [3.63, 3.8) is 0 Å². The predicted octanol–water partition coefficient (Wildman–Crippen LogP) is 4.32. The molecule has 0 saturated carbocycles. The lowest BCUT2D eigenvalue weighted by molar-refractivity contribution is 0.151. The molecule has 1 N–H and O–H groups in total. The molecule has 1 unspecified atom stereocenters. The van der Waals surface area contributed by atoms with Gasteiger partial charge in [-0.2, -0.15) is 0 Å². The number of hydrogen-bond acceptors (Lipinski definition) is 2. The predicted molar refractivity (Wildman–Crippen MR) is 94.3 cm³/mol. The SMILES string of the molecule is C[C@@H](c1ccccc1)N1C[C@@H]1[C@H](O)c1ccc2ccccc2c1. The highest BCUT2D eigenvalue weighted by Gasteiger charge is 2.43. The van der Waals surface area contributed by atoms with Gasteiger partial charge in [0.05, 0.1) is 12.1 Å². The van der Waals surface area contributed by atoms with Crippen LogP contribution < -0.4 is 0 Å². The Bertz CT molecular complexity index is 814. The monoisotopic (exact) mass is 303 g/mol. The molecule has 4 rings (SSSR count). The average Bonchev–Trinajstić information content (AvgIpc) is 3.41. The molecule has 4 atom stereocenters. The topological polar surface area (TPSA) is 23.2 Å². The van der Waals surface area contributed by atoms with Gasteiger partial charge in [0.1, 0.15) is 0 Å². The van der Waals surface area contributed by atoms with E-state index in [0.717, 1.165) is 12.1 Å². The van der Waals surface area contributed by atoms with Crippen molar-refractivity contribution in [2.24, 2.45) is 0 Å². The lowest BCUT2D eigenvalue weighted by Crippen LogP contribution is -2.14. The van der Waals surface area contributed by atoms with E-state index in [1.165, 1.54) is 16.3 Å². The zero-order valence-electron chi connectivity index (χ0n) is 13.3. The second-order valence-electron chi connectivity index (χ2n) is 6.40. The largest absolute Gasteiger partial charge is 0.387 e. The molecule has 2 heteroatoms. The molecule has 116 valence electrons. The number of rotatable bonds is 4. The fourth-order valence-electron chi connectivity index (χ4n) is 3.43. The van der Waals surface area contributed by atoms with Crippen molar-refractivity contribution in [1.82, 2.24) is 4.90 Å². The van der Waals surface area contributed by atoms with E-state index in [0.29, 0.717) is 6.04 Å². The number of hydrogen-bond donors (Lipinski definition) is 1. The van der Waals surface area contributed by atoms with Crippen molar-refractivity contribution < 1.29 is 5.11 Å². The van der Waals surface area contributed by atoms with Crippen LogP contribution in [0.1, 0.15) is 30.2 Å². The van der Waals surface area contributed by atoms with E-state index < -0.39 is 6.10 Å². The van der Waals surface area contributed by atoms with Gasteiger partial charge in [-0.3, -0.25) is 4.90 Å². The lowest BCUT2D eigenvalue weighted by Gasteiger charge is -2.17. The molecule has 0 aliphatic carbocycles. The van der Waals surface area contributed by atoms with E-state index in [2.05, 4.69) is 66.4 Å². The van der Waals surface area contributed by atoms with Crippen LogP contribution in [0.5, 0.6) is 0 Å². The van der Waals surface area contributed by atoms with E-state index in [-0.39, 0.29) is 6.04 Å². The molecule has 1 heterocycles. The lowest BCUT2D eigenvalue weighted by atomic mass is 10.0. The van der Waals surface area contributed by atoms with Gasteiger partial charge >= 0.3 is 0 Å². The first kappa shape index (κ1) is 14.4. The molecule has 3 aromatic rings. The number of fused-ring (bicyclic) bond motifs is 1. The molecule has 1 fully saturated rings. The van der Waals surface area contributed by atoms with Gasteiger partial charge in [-0.25, -0.2) is 0 Å². The summed E-state index contributed by atoms with van der Waals surface area (Å²) in [5.41, 5.74) is 2.32. The summed E-state index contributed by atoms with van der Waals surface area (Å²) >= 11 is 0. The maximum atomic E-state index is 10.7. The fraction of sp³-hybridized carbons (Fsp3) is 0.238. The summed E-state index contributed by atoms with van der Waals surface area (Å²) in [6.45, 7) is 3.16. The Hall–Kier alpha value is -2.16. The van der Waals surface area contributed by atoms with Gasteiger partial charge in [0, 0.05) is 12.6 Å². The molecular formula is C21H21NO. The number of aliphatic hydroxyl groups is 1. The number of aliphatic hydroxyl groups excluding tert-OH is 1. The van der Waals surface area contributed by atoms with Crippen LogP contribution in [-0.4, -0.2) is 22.6 Å². The van der Waals surface area contributed by atoms with Gasteiger partial charge in [-0.1, -0.05) is 66.7 Å². The van der Waals surface area contributed by atoms with Crippen LogP contribution in [-0.2, 0) is 0 Å². The Balaban J connectivity index is 1.52. The molecule has 3 aromatic carbocycles. The minimum atomic E-state index is -0.425. The molecule has 0 spiro atoms. The van der Waals surface area contributed by atoms with Crippen LogP contribution >= 0.6 is 0 Å². The first-order chi connectivity index (χ1) is 11.2. The Morgan fingerprint density at radius 3 is 2.35 bits per heavy atom. The molecule has 0 bridgehead atoms. The zero-order chi connectivity index (χ0) is 15.8. The number of nitrogens with zero attached hydrogens (tertiary/aromatic N) is 1. The Kier molecular flexibility index (Phi) is 3.64. The van der Waals surface area contributed by atoms with Crippen LogP contribution in [0.15, 0.2) is 72.8 Å². The maximum Gasteiger partial charge on any atom is 0.0958 e. The Morgan fingerprint density at radius 1 is 0.870 bits per heavy atom. The van der Waals surface area contributed by atoms with Crippen LogP contribution in [0.4, 0.5) is 0 Å². The third-order valence-electron chi connectivity index (χ3n) is 4.95. The first-order valence-corrected chi connectivity index (χ1v) is 8.21. The smallest absolute Gasteiger partial charge is 0.0958 e. The molecule has 2 nitrogen and oxygen atoms in total. The summed E-state index contributed by atoms with van der Waals surface area (Å²) < 4.78 is 0. The van der Waals surface area contributed by atoms with Gasteiger partial charge in [-0.15, -0.1) is 0 Å². The quantitative estimate of drug-likeness (QED) is 0.726. The fourth-order valence-corrected chi connectivity index (χ4v) is 3.43. The van der Waals surface area contributed by atoms with Crippen molar-refractivity contribution in [2.45, 2.75) is 25.1 Å². The van der Waals surface area contributed by atoms with E-state index >= 15 is 0 Å². The van der Waals surface area contributed by atoms with Crippen LogP contribution in [0.3, 0.4) is 0 Å². The molecule has 0 radical (unpaired) electrons. The summed E-state index contributed by atoms with van der Waals surface area (Å²) in [5.74, 6) is 0. The molecule has 0 aromatic heterocycles. The third kappa shape index (κ3) is 2.76. The summed E-state index contributed by atoms with van der Waals surface area (Å²) in [4.78, 5) is 2.36. The van der Waals surface area contributed by atoms with E-state index in [1.807, 2.05) is 18.2 Å². The Labute approximate surface area is 137 Å². The molecule has 1 aliphatic rings. The first-order valence-electron chi connectivity index (χ1n) is 8.21. The van der Waals surface area contributed by atoms with Crippen LogP contribution in [0, 0.1) is 0 Å². The van der Waals surface area contributed by atoms with E-state index in [9.17, 15) is 5.11 Å². The minimum absolute atomic E-state index is 0.214. The van der Waals surface area contributed by atoms with Crippen LogP contribution in [0.25, 0.3) is 10.8 Å². The van der Waals surface area contributed by atoms with Gasteiger partial charge in [-0.05, 0) is 34.9 Å². The Morgan fingerprint density at radius 2 is 1.57 bits per heavy atom. The highest BCUT2D eigenvalue weighted by Crippen LogP contribution is 2.39. The van der Waals surface area contributed by atoms with Gasteiger partial charge < -0.3 is 5.11 Å². The van der Waals surface area contributed by atoms with Crippen molar-refractivity contribution in [3.8, 4) is 0 Å². The summed E-state index contributed by atoms with van der Waals surface area (Å²) in [6.07, 6.45) is -0.425. The summed E-state index contributed by atoms with van der Waals surface area (Å²) in [6, 6.07) is 25.6. The van der Waals surface area contributed by atoms with Crippen molar-refractivity contribution >= 4 is 10.8 Å². The minimum Gasteiger partial charge on any atom is -0.387 e. The molecule has 1 saturated heterocycles. The highest BCUT2D eigenvalue weighted by atomic mass is 16.3. The van der Waals surface area contributed by atoms with Crippen molar-refractivity contribution in [3.05, 3.63) is 83.9 Å². The highest BCUT2D eigenvalue weighted by molar-refractivity contribution is 5.83. The molecule has 23 heavy (non-hydrogen) atoms. The summed E-state index contributed by atoms with van der Waals surface area (Å²) in [5, 5.41) is 13.1. The maximum absolute atomic E-state index is 10.7. The summed E-state index contributed by atoms with van der Waals surface area (Å²) in [7, 11) is 0. The van der Waals surface area contributed by atoms with Crippen molar-refractivity contribution in [2.75, 3.05) is 6.54 Å². The second kappa shape index (κ2) is 5.80. The van der Waals surface area contributed by atoms with Crippen molar-refractivity contribution in [1.29, 1.82) is 0 Å². The van der Waals surface area contributed by atoms with Gasteiger partial charge in [0.25, 0.3) is 0 Å². The number of benzene rings is 3. The molecular weight excluding hydrogens is 282 g/mol. The second-order valence-corrected chi connectivity index (χ2v) is 6.40. The zero-order valence-corrected chi connectivity index (χ0v) is 13.3. The molecule has 1 aliphatic heterocycles.